The van der Waals surface area contributed by atoms with Crippen LogP contribution in [0, 0.1) is 5.92 Å². The second kappa shape index (κ2) is 5.80. The Hall–Kier alpha value is -0.970. The highest BCUT2D eigenvalue weighted by Crippen LogP contribution is 2.26. The second-order valence-electron chi connectivity index (χ2n) is 3.68. The molecule has 2 N–H and O–H groups in total. The summed E-state index contributed by atoms with van der Waals surface area (Å²) in [5.41, 5.74) is 0.655. The van der Waals surface area contributed by atoms with Crippen molar-refractivity contribution >= 4 is 0 Å². The molecular formula is C10H16F2N2O. The number of aromatic nitrogens is 2. The minimum atomic E-state index is -2.30. The predicted molar refractivity (Wildman–Crippen MR) is 52.6 cm³/mol. The van der Waals surface area contributed by atoms with Crippen LogP contribution in [-0.4, -0.2) is 21.7 Å². The normalized spacial score (nSPS) is 15.5. The summed E-state index contributed by atoms with van der Waals surface area (Å²) in [6.45, 7) is 1.86. The van der Waals surface area contributed by atoms with Gasteiger partial charge in [-0.2, -0.15) is 5.10 Å². The van der Waals surface area contributed by atoms with Crippen molar-refractivity contribution in [3.8, 4) is 0 Å². The first-order chi connectivity index (χ1) is 7.13. The van der Waals surface area contributed by atoms with Crippen LogP contribution < -0.4 is 0 Å². The number of alkyl halides is 2. The molecule has 0 saturated heterocycles. The first-order valence-corrected chi connectivity index (χ1v) is 5.08. The van der Waals surface area contributed by atoms with Gasteiger partial charge >= 0.3 is 0 Å². The van der Waals surface area contributed by atoms with E-state index in [1.165, 1.54) is 6.20 Å². The van der Waals surface area contributed by atoms with Crippen LogP contribution in [-0.2, 0) is 0 Å². The van der Waals surface area contributed by atoms with Gasteiger partial charge in [-0.3, -0.25) is 5.10 Å². The predicted octanol–water partition coefficient (Wildman–Crippen LogP) is 2.51. The van der Waals surface area contributed by atoms with E-state index in [4.69, 9.17) is 0 Å². The van der Waals surface area contributed by atoms with Crippen LogP contribution in [0.4, 0.5) is 8.78 Å². The smallest absolute Gasteiger partial charge is 0.238 e. The Morgan fingerprint density at radius 3 is 2.67 bits per heavy atom. The van der Waals surface area contributed by atoms with Crippen molar-refractivity contribution in [1.82, 2.24) is 10.2 Å². The van der Waals surface area contributed by atoms with Crippen molar-refractivity contribution in [1.29, 1.82) is 0 Å². The summed E-state index contributed by atoms with van der Waals surface area (Å²) in [6, 6.07) is 0. The van der Waals surface area contributed by atoms with Crippen LogP contribution in [0.15, 0.2) is 12.4 Å². The molecule has 1 aromatic heterocycles. The number of halogens is 2. The van der Waals surface area contributed by atoms with Gasteiger partial charge in [0.25, 0.3) is 0 Å². The van der Waals surface area contributed by atoms with Crippen LogP contribution in [0.25, 0.3) is 0 Å². The van der Waals surface area contributed by atoms with Gasteiger partial charge in [0.1, 0.15) is 0 Å². The fourth-order valence-electron chi connectivity index (χ4n) is 1.58. The van der Waals surface area contributed by atoms with Crippen LogP contribution in [0.3, 0.4) is 0 Å². The molecule has 0 bridgehead atoms. The maximum absolute atomic E-state index is 12.2. The number of H-pyrrole nitrogens is 1. The Morgan fingerprint density at radius 1 is 1.47 bits per heavy atom. The Bertz CT molecular complexity index is 264. The van der Waals surface area contributed by atoms with Crippen molar-refractivity contribution in [2.45, 2.75) is 38.7 Å². The van der Waals surface area contributed by atoms with Gasteiger partial charge in [-0.1, -0.05) is 13.3 Å². The van der Waals surface area contributed by atoms with Gasteiger partial charge in [0, 0.05) is 18.2 Å². The molecule has 0 amide bonds. The van der Waals surface area contributed by atoms with E-state index in [1.54, 1.807) is 6.20 Å². The summed E-state index contributed by atoms with van der Waals surface area (Å²) in [6.07, 6.45) is 0.962. The molecule has 0 radical (unpaired) electrons. The van der Waals surface area contributed by atoms with Gasteiger partial charge in [0.05, 0.1) is 12.3 Å². The third kappa shape index (κ3) is 3.95. The number of aliphatic hydroxyl groups excluding tert-OH is 1. The van der Waals surface area contributed by atoms with Gasteiger partial charge in [-0.25, -0.2) is 8.78 Å². The molecule has 2 atom stereocenters. The number of aliphatic hydroxyl groups is 1. The molecule has 0 spiro atoms. The third-order valence-electron chi connectivity index (χ3n) is 2.55. The van der Waals surface area contributed by atoms with Gasteiger partial charge in [-0.05, 0) is 12.3 Å². The quantitative estimate of drug-likeness (QED) is 0.770. The minimum absolute atomic E-state index is 0.144. The largest absolute Gasteiger partial charge is 0.388 e. The Balaban J connectivity index is 2.44. The second-order valence-corrected chi connectivity index (χ2v) is 3.68. The van der Waals surface area contributed by atoms with Crippen molar-refractivity contribution in [3.05, 3.63) is 18.0 Å². The highest BCUT2D eigenvalue weighted by Gasteiger charge is 2.18. The van der Waals surface area contributed by atoms with Crippen molar-refractivity contribution in [2.24, 2.45) is 5.92 Å². The highest BCUT2D eigenvalue weighted by molar-refractivity contribution is 5.06. The summed E-state index contributed by atoms with van der Waals surface area (Å²) in [7, 11) is 0. The monoisotopic (exact) mass is 218 g/mol. The SMILES string of the molecule is CCC(CC(F)F)CC(O)c1cn[nH]c1. The summed E-state index contributed by atoms with van der Waals surface area (Å²) in [4.78, 5) is 0. The molecule has 1 rings (SSSR count). The van der Waals surface area contributed by atoms with Crippen LogP contribution in [0.5, 0.6) is 0 Å². The van der Waals surface area contributed by atoms with Crippen molar-refractivity contribution < 1.29 is 13.9 Å². The molecular weight excluding hydrogens is 202 g/mol. The molecule has 2 unspecified atom stereocenters. The molecule has 3 nitrogen and oxygen atoms in total. The Kier molecular flexibility index (Phi) is 4.68. The van der Waals surface area contributed by atoms with E-state index in [-0.39, 0.29) is 12.3 Å². The van der Waals surface area contributed by atoms with E-state index in [2.05, 4.69) is 10.2 Å². The van der Waals surface area contributed by atoms with E-state index in [0.29, 0.717) is 18.4 Å². The van der Waals surface area contributed by atoms with Crippen LogP contribution in [0.1, 0.15) is 37.9 Å². The lowest BCUT2D eigenvalue weighted by Crippen LogP contribution is -2.10. The lowest BCUT2D eigenvalue weighted by atomic mass is 9.93. The average molecular weight is 218 g/mol. The molecule has 0 fully saturated rings. The summed E-state index contributed by atoms with van der Waals surface area (Å²) in [5, 5.41) is 16.0. The zero-order valence-corrected chi connectivity index (χ0v) is 8.66. The highest BCUT2D eigenvalue weighted by atomic mass is 19.3. The average Bonchev–Trinajstić information content (AvgIpc) is 2.68. The van der Waals surface area contributed by atoms with E-state index in [1.807, 2.05) is 6.92 Å². The zero-order valence-electron chi connectivity index (χ0n) is 8.66. The molecule has 0 aromatic carbocycles. The lowest BCUT2D eigenvalue weighted by Gasteiger charge is -2.17. The van der Waals surface area contributed by atoms with E-state index < -0.39 is 12.5 Å². The summed E-state index contributed by atoms with van der Waals surface area (Å²) >= 11 is 0. The van der Waals surface area contributed by atoms with E-state index in [9.17, 15) is 13.9 Å². The molecule has 0 saturated carbocycles. The van der Waals surface area contributed by atoms with E-state index >= 15 is 0 Å². The number of nitrogens with zero attached hydrogens (tertiary/aromatic N) is 1. The molecule has 1 heterocycles. The third-order valence-corrected chi connectivity index (χ3v) is 2.55. The van der Waals surface area contributed by atoms with Gasteiger partial charge in [0.15, 0.2) is 0 Å². The number of nitrogens with one attached hydrogen (secondary N) is 1. The molecule has 1 aromatic rings. The fraction of sp³-hybridized carbons (Fsp3) is 0.700. The van der Waals surface area contributed by atoms with Crippen molar-refractivity contribution in [2.75, 3.05) is 0 Å². The molecule has 86 valence electrons. The first kappa shape index (κ1) is 12.1. The first-order valence-electron chi connectivity index (χ1n) is 5.08. The topological polar surface area (TPSA) is 48.9 Å². The standard InChI is InChI=1S/C10H16F2N2O/c1-2-7(4-10(11)12)3-9(15)8-5-13-14-6-8/h5-7,9-10,15H,2-4H2,1H3,(H,13,14). The molecule has 0 aliphatic carbocycles. The van der Waals surface area contributed by atoms with E-state index in [0.717, 1.165) is 0 Å². The maximum Gasteiger partial charge on any atom is 0.238 e. The summed E-state index contributed by atoms with van der Waals surface area (Å²) in [5.74, 6) is -0.144. The maximum atomic E-state index is 12.2. The molecule has 5 heteroatoms. The van der Waals surface area contributed by atoms with Gasteiger partial charge in [-0.15, -0.1) is 0 Å². The minimum Gasteiger partial charge on any atom is -0.388 e. The number of aromatic amines is 1. The molecule has 0 aliphatic heterocycles. The fourth-order valence-corrected chi connectivity index (χ4v) is 1.58. The van der Waals surface area contributed by atoms with Crippen molar-refractivity contribution in [3.63, 3.8) is 0 Å². The van der Waals surface area contributed by atoms with Gasteiger partial charge in [0.2, 0.25) is 6.43 Å². The number of rotatable bonds is 6. The Labute approximate surface area is 87.5 Å². The Morgan fingerprint density at radius 2 is 2.20 bits per heavy atom. The van der Waals surface area contributed by atoms with Crippen LogP contribution >= 0.6 is 0 Å². The van der Waals surface area contributed by atoms with Crippen LogP contribution in [0.2, 0.25) is 0 Å². The summed E-state index contributed by atoms with van der Waals surface area (Å²) < 4.78 is 24.3. The molecule has 0 aliphatic rings. The number of hydrogen-bond acceptors (Lipinski definition) is 2. The molecule has 15 heavy (non-hydrogen) atoms. The zero-order chi connectivity index (χ0) is 11.3. The lowest BCUT2D eigenvalue weighted by molar-refractivity contribution is 0.0843. The van der Waals surface area contributed by atoms with Gasteiger partial charge < -0.3 is 5.11 Å². The number of hydrogen-bond donors (Lipinski definition) is 2.